The van der Waals surface area contributed by atoms with E-state index in [1.165, 1.54) is 17.7 Å². The number of aromatic nitrogens is 1. The first-order chi connectivity index (χ1) is 12.0. The predicted molar refractivity (Wildman–Crippen MR) is 97.8 cm³/mol. The van der Waals surface area contributed by atoms with Crippen molar-refractivity contribution in [3.8, 4) is 0 Å². The number of amides is 1. The molecule has 0 radical (unpaired) electrons. The Labute approximate surface area is 145 Å². The molecule has 0 saturated heterocycles. The number of anilines is 3. The predicted octanol–water partition coefficient (Wildman–Crippen LogP) is 4.83. The molecule has 1 aromatic heterocycles. The number of hydrogen-bond donors (Lipinski definition) is 2. The molecule has 1 heterocycles. The topological polar surface area (TPSA) is 54.0 Å². The lowest BCUT2D eigenvalue weighted by molar-refractivity contribution is 0.102. The summed E-state index contributed by atoms with van der Waals surface area (Å²) in [6, 6.07) is 15.2. The molecule has 0 spiro atoms. The first kappa shape index (κ1) is 16.6. The standard InChI is InChI=1S/C20H18FN3O/c1-13-3-6-17(11-14(13)2)24-20(25)19-12-18(9-10-22-19)23-16-7-4-15(21)5-8-16/h3-12H,1-2H3,(H,22,23)(H,24,25). The van der Waals surface area contributed by atoms with Crippen molar-refractivity contribution in [2.45, 2.75) is 13.8 Å². The Bertz CT molecular complexity index is 907. The molecule has 0 aliphatic heterocycles. The molecule has 0 unspecified atom stereocenters. The van der Waals surface area contributed by atoms with Crippen LogP contribution in [-0.4, -0.2) is 10.9 Å². The van der Waals surface area contributed by atoms with Crippen LogP contribution in [0.5, 0.6) is 0 Å². The van der Waals surface area contributed by atoms with E-state index in [9.17, 15) is 9.18 Å². The third-order valence-corrected chi connectivity index (χ3v) is 3.89. The molecule has 3 rings (SSSR count). The van der Waals surface area contributed by atoms with Crippen LogP contribution in [0.3, 0.4) is 0 Å². The van der Waals surface area contributed by atoms with E-state index in [1.807, 2.05) is 32.0 Å². The van der Waals surface area contributed by atoms with E-state index in [4.69, 9.17) is 0 Å². The van der Waals surface area contributed by atoms with Crippen molar-refractivity contribution in [2.75, 3.05) is 10.6 Å². The third-order valence-electron chi connectivity index (χ3n) is 3.89. The number of aryl methyl sites for hydroxylation is 2. The fourth-order valence-corrected chi connectivity index (χ4v) is 2.35. The maximum Gasteiger partial charge on any atom is 0.274 e. The van der Waals surface area contributed by atoms with Crippen LogP contribution in [-0.2, 0) is 0 Å². The molecule has 0 saturated carbocycles. The first-order valence-corrected chi connectivity index (χ1v) is 7.88. The third kappa shape index (κ3) is 4.20. The maximum absolute atomic E-state index is 13.0. The van der Waals surface area contributed by atoms with Gasteiger partial charge < -0.3 is 10.6 Å². The maximum atomic E-state index is 13.0. The van der Waals surface area contributed by atoms with Gasteiger partial charge in [0.25, 0.3) is 5.91 Å². The largest absolute Gasteiger partial charge is 0.355 e. The van der Waals surface area contributed by atoms with Crippen molar-refractivity contribution in [1.29, 1.82) is 0 Å². The molecular weight excluding hydrogens is 317 g/mol. The van der Waals surface area contributed by atoms with Crippen LogP contribution in [0.1, 0.15) is 21.6 Å². The summed E-state index contributed by atoms with van der Waals surface area (Å²) in [6.45, 7) is 4.02. The number of rotatable bonds is 4. The van der Waals surface area contributed by atoms with Gasteiger partial charge in [-0.2, -0.15) is 0 Å². The number of benzene rings is 2. The molecule has 0 bridgehead atoms. The van der Waals surface area contributed by atoms with E-state index < -0.39 is 0 Å². The number of pyridine rings is 1. The van der Waals surface area contributed by atoms with Crippen LogP contribution in [0.2, 0.25) is 0 Å². The Hall–Kier alpha value is -3.21. The molecule has 1 amide bonds. The zero-order valence-electron chi connectivity index (χ0n) is 14.0. The minimum Gasteiger partial charge on any atom is -0.355 e. The van der Waals surface area contributed by atoms with Crippen LogP contribution in [0.4, 0.5) is 21.5 Å². The fourth-order valence-electron chi connectivity index (χ4n) is 2.35. The lowest BCUT2D eigenvalue weighted by Crippen LogP contribution is -2.14. The minimum atomic E-state index is -0.297. The lowest BCUT2D eigenvalue weighted by atomic mass is 10.1. The Balaban J connectivity index is 1.74. The summed E-state index contributed by atoms with van der Waals surface area (Å²) >= 11 is 0. The van der Waals surface area contributed by atoms with Gasteiger partial charge in [-0.3, -0.25) is 9.78 Å². The fraction of sp³-hybridized carbons (Fsp3) is 0.100. The quantitative estimate of drug-likeness (QED) is 0.718. The van der Waals surface area contributed by atoms with Crippen molar-refractivity contribution in [2.24, 2.45) is 0 Å². The minimum absolute atomic E-state index is 0.286. The monoisotopic (exact) mass is 335 g/mol. The summed E-state index contributed by atoms with van der Waals surface area (Å²) in [7, 11) is 0. The summed E-state index contributed by atoms with van der Waals surface area (Å²) in [5.41, 5.74) is 4.73. The van der Waals surface area contributed by atoms with Crippen molar-refractivity contribution >= 4 is 23.0 Å². The number of carbonyl (C=O) groups excluding carboxylic acids is 1. The van der Waals surface area contributed by atoms with Crippen LogP contribution < -0.4 is 10.6 Å². The van der Waals surface area contributed by atoms with Gasteiger partial charge >= 0.3 is 0 Å². The molecule has 3 aromatic rings. The Kier molecular flexibility index (Phi) is 4.75. The van der Waals surface area contributed by atoms with Gasteiger partial charge in [0.2, 0.25) is 0 Å². The molecule has 0 fully saturated rings. The molecule has 2 aromatic carbocycles. The van der Waals surface area contributed by atoms with Gasteiger partial charge in [0.1, 0.15) is 11.5 Å². The van der Waals surface area contributed by atoms with Gasteiger partial charge in [-0.1, -0.05) is 6.07 Å². The van der Waals surface area contributed by atoms with E-state index in [2.05, 4.69) is 15.6 Å². The Morgan fingerprint density at radius 3 is 2.32 bits per heavy atom. The number of halogens is 1. The highest BCUT2D eigenvalue weighted by atomic mass is 19.1. The van der Waals surface area contributed by atoms with Crippen LogP contribution >= 0.6 is 0 Å². The van der Waals surface area contributed by atoms with Crippen molar-refractivity contribution in [1.82, 2.24) is 4.98 Å². The zero-order valence-corrected chi connectivity index (χ0v) is 14.0. The van der Waals surface area contributed by atoms with Gasteiger partial charge in [-0.05, 0) is 73.5 Å². The average molecular weight is 335 g/mol. The SMILES string of the molecule is Cc1ccc(NC(=O)c2cc(Nc3ccc(F)cc3)ccn2)cc1C. The van der Waals surface area contributed by atoms with Crippen molar-refractivity contribution < 1.29 is 9.18 Å². The summed E-state index contributed by atoms with van der Waals surface area (Å²) in [5.74, 6) is -0.584. The molecule has 0 atom stereocenters. The summed E-state index contributed by atoms with van der Waals surface area (Å²) in [6.07, 6.45) is 1.56. The summed E-state index contributed by atoms with van der Waals surface area (Å²) < 4.78 is 13.0. The summed E-state index contributed by atoms with van der Waals surface area (Å²) in [4.78, 5) is 16.5. The second-order valence-electron chi connectivity index (χ2n) is 5.81. The number of nitrogens with one attached hydrogen (secondary N) is 2. The average Bonchev–Trinajstić information content (AvgIpc) is 2.60. The molecule has 2 N–H and O–H groups in total. The normalized spacial score (nSPS) is 10.4. The van der Waals surface area contributed by atoms with Gasteiger partial charge in [-0.25, -0.2) is 4.39 Å². The molecule has 0 aliphatic rings. The second kappa shape index (κ2) is 7.13. The van der Waals surface area contributed by atoms with Gasteiger partial charge in [0, 0.05) is 23.3 Å². The highest BCUT2D eigenvalue weighted by Gasteiger charge is 2.09. The van der Waals surface area contributed by atoms with E-state index >= 15 is 0 Å². The van der Waals surface area contributed by atoms with E-state index in [0.29, 0.717) is 11.4 Å². The van der Waals surface area contributed by atoms with Gasteiger partial charge in [0.05, 0.1) is 0 Å². The van der Waals surface area contributed by atoms with Crippen molar-refractivity contribution in [3.63, 3.8) is 0 Å². The van der Waals surface area contributed by atoms with Crippen molar-refractivity contribution in [3.05, 3.63) is 83.4 Å². The van der Waals surface area contributed by atoms with Crippen LogP contribution in [0, 0.1) is 19.7 Å². The number of nitrogens with zero attached hydrogens (tertiary/aromatic N) is 1. The smallest absolute Gasteiger partial charge is 0.274 e. The van der Waals surface area contributed by atoms with Gasteiger partial charge in [-0.15, -0.1) is 0 Å². The number of hydrogen-bond acceptors (Lipinski definition) is 3. The number of carbonyl (C=O) groups is 1. The molecule has 5 heteroatoms. The Morgan fingerprint density at radius 1 is 0.880 bits per heavy atom. The van der Waals surface area contributed by atoms with Gasteiger partial charge in [0.15, 0.2) is 0 Å². The molecule has 126 valence electrons. The van der Waals surface area contributed by atoms with Crippen LogP contribution in [0.15, 0.2) is 60.8 Å². The summed E-state index contributed by atoms with van der Waals surface area (Å²) in [5, 5.41) is 5.97. The second-order valence-corrected chi connectivity index (χ2v) is 5.81. The highest BCUT2D eigenvalue weighted by molar-refractivity contribution is 6.03. The molecule has 4 nitrogen and oxygen atoms in total. The van der Waals surface area contributed by atoms with E-state index in [-0.39, 0.29) is 11.7 Å². The van der Waals surface area contributed by atoms with Crippen LogP contribution in [0.25, 0.3) is 0 Å². The zero-order chi connectivity index (χ0) is 17.8. The first-order valence-electron chi connectivity index (χ1n) is 7.88. The molecule has 0 aliphatic carbocycles. The van der Waals surface area contributed by atoms with E-state index in [0.717, 1.165) is 16.9 Å². The molecular formula is C20H18FN3O. The Morgan fingerprint density at radius 2 is 1.60 bits per heavy atom. The highest BCUT2D eigenvalue weighted by Crippen LogP contribution is 2.19. The lowest BCUT2D eigenvalue weighted by Gasteiger charge is -2.09. The van der Waals surface area contributed by atoms with E-state index in [1.54, 1.807) is 30.5 Å². The molecule has 25 heavy (non-hydrogen) atoms.